The van der Waals surface area contributed by atoms with Crippen LogP contribution in [0.3, 0.4) is 0 Å². The first-order chi connectivity index (χ1) is 9.75. The molecule has 0 unspecified atom stereocenters. The van der Waals surface area contributed by atoms with Gasteiger partial charge in [0, 0.05) is 13.1 Å². The maximum absolute atomic E-state index is 5.71. The minimum absolute atomic E-state index is 0.456. The summed E-state index contributed by atoms with van der Waals surface area (Å²) in [5.41, 5.74) is 1.06. The zero-order valence-corrected chi connectivity index (χ0v) is 12.5. The fraction of sp³-hybridized carbons (Fsp3) is 0.286. The van der Waals surface area contributed by atoms with Gasteiger partial charge in [-0.2, -0.15) is 4.98 Å². The molecule has 0 spiro atoms. The third-order valence-corrected chi connectivity index (χ3v) is 3.21. The molecule has 2 rings (SSSR count). The van der Waals surface area contributed by atoms with Gasteiger partial charge in [-0.05, 0) is 24.0 Å². The summed E-state index contributed by atoms with van der Waals surface area (Å²) in [6, 6.07) is 9.53. The normalized spacial score (nSPS) is 10.2. The molecular formula is C14H17N3O2S. The molecule has 0 bridgehead atoms. The average Bonchev–Trinajstić information content (AvgIpc) is 2.53. The Labute approximate surface area is 122 Å². The van der Waals surface area contributed by atoms with Gasteiger partial charge in [0.05, 0.1) is 7.11 Å². The highest BCUT2D eigenvalue weighted by Gasteiger charge is 2.04. The summed E-state index contributed by atoms with van der Waals surface area (Å²) in [7, 11) is 3.47. The van der Waals surface area contributed by atoms with E-state index in [0.717, 1.165) is 17.1 Å². The quantitative estimate of drug-likeness (QED) is 0.652. The molecule has 2 aromatic rings. The lowest BCUT2D eigenvalue weighted by atomic mass is 10.2. The number of methoxy groups -OCH3 is 1. The van der Waals surface area contributed by atoms with Gasteiger partial charge < -0.3 is 14.8 Å². The Hall–Kier alpha value is -1.95. The summed E-state index contributed by atoms with van der Waals surface area (Å²) in [5, 5.41) is 3.68. The minimum Gasteiger partial charge on any atom is -0.497 e. The number of anilines is 1. The molecule has 0 aliphatic carbocycles. The van der Waals surface area contributed by atoms with Crippen molar-refractivity contribution in [3.8, 4) is 11.6 Å². The van der Waals surface area contributed by atoms with E-state index in [1.807, 2.05) is 37.6 Å². The second kappa shape index (κ2) is 7.00. The molecule has 106 valence electrons. The van der Waals surface area contributed by atoms with Crippen molar-refractivity contribution < 1.29 is 9.47 Å². The first-order valence-electron chi connectivity index (χ1n) is 6.11. The zero-order valence-electron chi connectivity index (χ0n) is 11.7. The van der Waals surface area contributed by atoms with E-state index in [2.05, 4.69) is 15.3 Å². The van der Waals surface area contributed by atoms with Crippen molar-refractivity contribution in [2.45, 2.75) is 11.8 Å². The predicted octanol–water partition coefficient (Wildman–Crippen LogP) is 2.83. The maximum Gasteiger partial charge on any atom is 0.219 e. The number of benzene rings is 1. The number of aromatic nitrogens is 2. The number of hydrogen-bond acceptors (Lipinski definition) is 6. The van der Waals surface area contributed by atoms with E-state index in [1.54, 1.807) is 13.2 Å². The molecule has 20 heavy (non-hydrogen) atoms. The summed E-state index contributed by atoms with van der Waals surface area (Å²) < 4.78 is 10.8. The monoisotopic (exact) mass is 291 g/mol. The molecule has 0 saturated heterocycles. The molecule has 0 amide bonds. The van der Waals surface area contributed by atoms with Crippen molar-refractivity contribution in [1.29, 1.82) is 0 Å². The molecule has 6 heteroatoms. The van der Waals surface area contributed by atoms with Crippen LogP contribution in [0.2, 0.25) is 0 Å². The maximum atomic E-state index is 5.71. The van der Waals surface area contributed by atoms with Gasteiger partial charge in [-0.15, -0.1) is 0 Å². The van der Waals surface area contributed by atoms with Crippen LogP contribution in [-0.2, 0) is 6.61 Å². The van der Waals surface area contributed by atoms with Crippen LogP contribution in [0.5, 0.6) is 11.6 Å². The van der Waals surface area contributed by atoms with Gasteiger partial charge in [-0.25, -0.2) is 4.98 Å². The highest BCUT2D eigenvalue weighted by atomic mass is 32.2. The molecule has 0 saturated carbocycles. The molecule has 0 atom stereocenters. The van der Waals surface area contributed by atoms with E-state index in [9.17, 15) is 0 Å². The Morgan fingerprint density at radius 3 is 2.55 bits per heavy atom. The summed E-state index contributed by atoms with van der Waals surface area (Å²) in [4.78, 5) is 8.61. The molecule has 1 heterocycles. The average molecular weight is 291 g/mol. The van der Waals surface area contributed by atoms with Gasteiger partial charge in [0.1, 0.15) is 18.2 Å². The van der Waals surface area contributed by atoms with Crippen molar-refractivity contribution in [3.63, 3.8) is 0 Å². The first kappa shape index (κ1) is 14.5. The number of hydrogen-bond donors (Lipinski definition) is 1. The van der Waals surface area contributed by atoms with Crippen LogP contribution in [0, 0.1) is 0 Å². The van der Waals surface area contributed by atoms with Crippen LogP contribution in [0.4, 0.5) is 5.82 Å². The van der Waals surface area contributed by atoms with Gasteiger partial charge in [0.25, 0.3) is 0 Å². The highest BCUT2D eigenvalue weighted by Crippen LogP contribution is 2.20. The SMILES string of the molecule is CNc1cc(OCc2ccc(OC)cc2)nc(SC)n1. The van der Waals surface area contributed by atoms with Crippen molar-refractivity contribution in [3.05, 3.63) is 35.9 Å². The molecule has 5 nitrogen and oxygen atoms in total. The number of rotatable bonds is 6. The second-order valence-corrected chi connectivity index (χ2v) is 4.74. The Balaban J connectivity index is 2.05. The van der Waals surface area contributed by atoms with Crippen molar-refractivity contribution in [2.24, 2.45) is 0 Å². The first-order valence-corrected chi connectivity index (χ1v) is 7.34. The van der Waals surface area contributed by atoms with E-state index < -0.39 is 0 Å². The van der Waals surface area contributed by atoms with Gasteiger partial charge in [0.2, 0.25) is 5.88 Å². The van der Waals surface area contributed by atoms with Gasteiger partial charge in [0.15, 0.2) is 5.16 Å². The lowest BCUT2D eigenvalue weighted by molar-refractivity contribution is 0.290. The topological polar surface area (TPSA) is 56.3 Å². The van der Waals surface area contributed by atoms with Gasteiger partial charge in [-0.3, -0.25) is 0 Å². The van der Waals surface area contributed by atoms with Crippen molar-refractivity contribution in [1.82, 2.24) is 9.97 Å². The fourth-order valence-electron chi connectivity index (χ4n) is 1.58. The van der Waals surface area contributed by atoms with E-state index in [1.165, 1.54) is 11.8 Å². The minimum atomic E-state index is 0.456. The molecule has 0 fully saturated rings. The van der Waals surface area contributed by atoms with Crippen LogP contribution in [0.15, 0.2) is 35.5 Å². The fourth-order valence-corrected chi connectivity index (χ4v) is 1.95. The standard InChI is InChI=1S/C14H17N3O2S/c1-15-12-8-13(17-14(16-12)20-3)19-9-10-4-6-11(18-2)7-5-10/h4-8H,9H2,1-3H3,(H,15,16,17). The second-order valence-electron chi connectivity index (χ2n) is 3.96. The lowest BCUT2D eigenvalue weighted by Gasteiger charge is -2.09. The largest absolute Gasteiger partial charge is 0.497 e. The van der Waals surface area contributed by atoms with E-state index in [4.69, 9.17) is 9.47 Å². The van der Waals surface area contributed by atoms with Crippen LogP contribution in [0.1, 0.15) is 5.56 Å². The molecule has 1 aromatic carbocycles. The van der Waals surface area contributed by atoms with Crippen molar-refractivity contribution >= 4 is 17.6 Å². The van der Waals surface area contributed by atoms with E-state index in [-0.39, 0.29) is 0 Å². The number of nitrogens with one attached hydrogen (secondary N) is 1. The summed E-state index contributed by atoms with van der Waals surface area (Å²) in [5.74, 6) is 2.14. The van der Waals surface area contributed by atoms with Crippen molar-refractivity contribution in [2.75, 3.05) is 25.7 Å². The van der Waals surface area contributed by atoms with Crippen LogP contribution in [0.25, 0.3) is 0 Å². The Bertz CT molecular complexity index is 539. The van der Waals surface area contributed by atoms with Crippen LogP contribution in [-0.4, -0.2) is 30.4 Å². The zero-order chi connectivity index (χ0) is 14.4. The summed E-state index contributed by atoms with van der Waals surface area (Å²) >= 11 is 1.48. The number of ether oxygens (including phenoxy) is 2. The van der Waals surface area contributed by atoms with Gasteiger partial charge >= 0.3 is 0 Å². The van der Waals surface area contributed by atoms with Crippen LogP contribution < -0.4 is 14.8 Å². The molecule has 0 aliphatic rings. The number of nitrogens with zero attached hydrogens (tertiary/aromatic N) is 2. The Morgan fingerprint density at radius 2 is 1.95 bits per heavy atom. The Morgan fingerprint density at radius 1 is 1.20 bits per heavy atom. The highest BCUT2D eigenvalue weighted by molar-refractivity contribution is 7.98. The lowest BCUT2D eigenvalue weighted by Crippen LogP contribution is -2.01. The van der Waals surface area contributed by atoms with Gasteiger partial charge in [-0.1, -0.05) is 23.9 Å². The van der Waals surface area contributed by atoms with E-state index in [0.29, 0.717) is 17.6 Å². The predicted molar refractivity (Wildman–Crippen MR) is 80.7 cm³/mol. The Kier molecular flexibility index (Phi) is 5.06. The molecule has 1 aromatic heterocycles. The third kappa shape index (κ3) is 3.77. The van der Waals surface area contributed by atoms with E-state index >= 15 is 0 Å². The molecule has 0 radical (unpaired) electrons. The molecule has 1 N–H and O–H groups in total. The molecule has 0 aliphatic heterocycles. The summed E-state index contributed by atoms with van der Waals surface area (Å²) in [6.45, 7) is 0.456. The summed E-state index contributed by atoms with van der Waals surface area (Å²) in [6.07, 6.45) is 1.93. The third-order valence-electron chi connectivity index (χ3n) is 2.67. The van der Waals surface area contributed by atoms with Crippen LogP contribution >= 0.6 is 11.8 Å². The molecular weight excluding hydrogens is 274 g/mol. The number of thioether (sulfide) groups is 1. The smallest absolute Gasteiger partial charge is 0.219 e.